The van der Waals surface area contributed by atoms with Crippen LogP contribution in [0.2, 0.25) is 0 Å². The van der Waals surface area contributed by atoms with Gasteiger partial charge in [0.1, 0.15) is 0 Å². The molecule has 0 bridgehead atoms. The third-order valence-electron chi connectivity index (χ3n) is 2.03. The molecule has 0 atom stereocenters. The first-order chi connectivity index (χ1) is 7.22. The summed E-state index contributed by atoms with van der Waals surface area (Å²) in [5.74, 6) is 6.52. The van der Waals surface area contributed by atoms with Crippen LogP contribution in [0, 0.1) is 5.92 Å². The predicted octanol–water partition coefficient (Wildman–Crippen LogP) is -0.701. The van der Waals surface area contributed by atoms with E-state index in [0.717, 1.165) is 32.8 Å². The van der Waals surface area contributed by atoms with E-state index in [1.165, 1.54) is 0 Å². The smallest absolute Gasteiger partial charge is 0.220 e. The van der Waals surface area contributed by atoms with E-state index in [-0.39, 0.29) is 0 Å². The van der Waals surface area contributed by atoms with Gasteiger partial charge in [0, 0.05) is 19.6 Å². The Bertz CT molecular complexity index is 201. The maximum absolute atomic E-state index is 5.37. The molecular formula is C9H21N5O. The summed E-state index contributed by atoms with van der Waals surface area (Å²) in [7, 11) is 0. The van der Waals surface area contributed by atoms with E-state index < -0.39 is 0 Å². The van der Waals surface area contributed by atoms with Crippen LogP contribution in [0.5, 0.6) is 0 Å². The minimum Gasteiger partial charge on any atom is -0.379 e. The van der Waals surface area contributed by atoms with Crippen LogP contribution in [0.3, 0.4) is 0 Å². The van der Waals surface area contributed by atoms with Gasteiger partial charge in [-0.15, -0.1) is 0 Å². The molecule has 1 aliphatic rings. The Labute approximate surface area is 90.8 Å². The largest absolute Gasteiger partial charge is 0.379 e. The first kappa shape index (κ1) is 12.2. The van der Waals surface area contributed by atoms with Crippen molar-refractivity contribution < 1.29 is 4.74 Å². The van der Waals surface area contributed by atoms with Gasteiger partial charge in [-0.1, -0.05) is 13.8 Å². The third-order valence-corrected chi connectivity index (χ3v) is 2.03. The molecule has 6 heteroatoms. The van der Waals surface area contributed by atoms with Crippen LogP contribution in [-0.4, -0.2) is 43.8 Å². The molecule has 1 saturated heterocycles. The Balaban J connectivity index is 2.34. The summed E-state index contributed by atoms with van der Waals surface area (Å²) in [5, 5.41) is 2.04. The molecule has 0 spiro atoms. The van der Waals surface area contributed by atoms with Crippen molar-refractivity contribution in [3.8, 4) is 0 Å². The molecule has 1 fully saturated rings. The molecular weight excluding hydrogens is 194 g/mol. The second-order valence-electron chi connectivity index (χ2n) is 3.94. The Hall–Kier alpha value is -0.850. The summed E-state index contributed by atoms with van der Waals surface area (Å²) >= 11 is 0. The van der Waals surface area contributed by atoms with E-state index in [0.29, 0.717) is 11.9 Å². The fourth-order valence-electron chi connectivity index (χ4n) is 1.21. The molecule has 15 heavy (non-hydrogen) atoms. The number of nitrogens with one attached hydrogen (secondary N) is 2. The standard InChI is InChI=1S/C9H21N5O/c1-8(2)7-11-9(12-10)13-14-3-5-15-6-4-14/h8H,3-7,10H2,1-2H3,(H2,11,12,13). The molecule has 0 aromatic rings. The highest BCUT2D eigenvalue weighted by Gasteiger charge is 2.11. The average Bonchev–Trinajstić information content (AvgIpc) is 2.25. The summed E-state index contributed by atoms with van der Waals surface area (Å²) < 4.78 is 5.24. The number of ether oxygens (including phenoxy) is 1. The second kappa shape index (κ2) is 6.60. The van der Waals surface area contributed by atoms with Crippen molar-refractivity contribution in [1.82, 2.24) is 15.9 Å². The Kier molecular flexibility index (Phi) is 5.38. The molecule has 6 nitrogen and oxygen atoms in total. The molecule has 88 valence electrons. The van der Waals surface area contributed by atoms with Crippen molar-refractivity contribution >= 4 is 5.96 Å². The van der Waals surface area contributed by atoms with E-state index in [9.17, 15) is 0 Å². The minimum atomic E-state index is 0.528. The fourth-order valence-corrected chi connectivity index (χ4v) is 1.21. The topological polar surface area (TPSA) is 74.9 Å². The molecule has 1 rings (SSSR count). The molecule has 0 saturated carbocycles. The lowest BCUT2D eigenvalue weighted by molar-refractivity contribution is 0.0241. The summed E-state index contributed by atoms with van der Waals surface area (Å²) in [4.78, 5) is 4.32. The normalized spacial score (nSPS) is 19.3. The number of hydrazine groups is 2. The highest BCUT2D eigenvalue weighted by molar-refractivity contribution is 5.78. The highest BCUT2D eigenvalue weighted by Crippen LogP contribution is 1.94. The Morgan fingerprint density at radius 2 is 2.13 bits per heavy atom. The van der Waals surface area contributed by atoms with Gasteiger partial charge >= 0.3 is 0 Å². The number of nitrogens with zero attached hydrogens (tertiary/aromatic N) is 2. The second-order valence-corrected chi connectivity index (χ2v) is 3.94. The van der Waals surface area contributed by atoms with Gasteiger partial charge in [-0.2, -0.15) is 0 Å². The lowest BCUT2D eigenvalue weighted by Crippen LogP contribution is -2.54. The van der Waals surface area contributed by atoms with Gasteiger partial charge in [0.2, 0.25) is 5.96 Å². The molecule has 0 radical (unpaired) electrons. The van der Waals surface area contributed by atoms with Gasteiger partial charge in [-0.3, -0.25) is 15.8 Å². The van der Waals surface area contributed by atoms with Crippen molar-refractivity contribution in [2.24, 2.45) is 16.8 Å². The van der Waals surface area contributed by atoms with Gasteiger partial charge < -0.3 is 4.74 Å². The van der Waals surface area contributed by atoms with E-state index in [4.69, 9.17) is 10.6 Å². The monoisotopic (exact) mass is 215 g/mol. The van der Waals surface area contributed by atoms with E-state index >= 15 is 0 Å². The maximum atomic E-state index is 5.37. The fraction of sp³-hybridized carbons (Fsp3) is 0.889. The third kappa shape index (κ3) is 4.96. The van der Waals surface area contributed by atoms with Crippen molar-refractivity contribution in [3.05, 3.63) is 0 Å². The summed E-state index contributed by atoms with van der Waals surface area (Å²) in [6.45, 7) is 8.18. The molecule has 0 unspecified atom stereocenters. The average molecular weight is 215 g/mol. The predicted molar refractivity (Wildman–Crippen MR) is 60.0 cm³/mol. The summed E-state index contributed by atoms with van der Waals surface area (Å²) in [6, 6.07) is 0. The SMILES string of the molecule is CC(C)CN=C(NN)NN1CCOCC1. The van der Waals surface area contributed by atoms with Crippen molar-refractivity contribution in [2.75, 3.05) is 32.8 Å². The number of morpholine rings is 1. The quantitative estimate of drug-likeness (QED) is 0.251. The number of nitrogens with two attached hydrogens (primary N) is 1. The van der Waals surface area contributed by atoms with Crippen LogP contribution < -0.4 is 16.7 Å². The van der Waals surface area contributed by atoms with E-state index in [1.54, 1.807) is 0 Å². The molecule has 0 aromatic carbocycles. The van der Waals surface area contributed by atoms with Crippen LogP contribution in [0.1, 0.15) is 13.8 Å². The summed E-state index contributed by atoms with van der Waals surface area (Å²) in [6.07, 6.45) is 0. The van der Waals surface area contributed by atoms with Gasteiger partial charge in [-0.05, 0) is 5.92 Å². The minimum absolute atomic E-state index is 0.528. The number of hydrogen-bond donors (Lipinski definition) is 3. The number of aliphatic imine (C=N–C) groups is 1. The molecule has 4 N–H and O–H groups in total. The van der Waals surface area contributed by atoms with Crippen molar-refractivity contribution in [3.63, 3.8) is 0 Å². The van der Waals surface area contributed by atoms with Crippen LogP contribution >= 0.6 is 0 Å². The molecule has 0 aromatic heterocycles. The zero-order chi connectivity index (χ0) is 11.1. The van der Waals surface area contributed by atoms with Crippen molar-refractivity contribution in [2.45, 2.75) is 13.8 Å². The maximum Gasteiger partial charge on any atom is 0.220 e. The van der Waals surface area contributed by atoms with Gasteiger partial charge in [0.05, 0.1) is 13.2 Å². The van der Waals surface area contributed by atoms with Crippen LogP contribution in [-0.2, 0) is 4.74 Å². The number of hydrogen-bond acceptors (Lipinski definition) is 4. The Morgan fingerprint density at radius 1 is 1.47 bits per heavy atom. The number of rotatable bonds is 3. The van der Waals surface area contributed by atoms with Gasteiger partial charge in [-0.25, -0.2) is 10.9 Å². The van der Waals surface area contributed by atoms with E-state index in [1.807, 2.05) is 5.01 Å². The van der Waals surface area contributed by atoms with Gasteiger partial charge in [0.25, 0.3) is 0 Å². The zero-order valence-electron chi connectivity index (χ0n) is 9.49. The number of guanidine groups is 1. The summed E-state index contributed by atoms with van der Waals surface area (Å²) in [5.41, 5.74) is 5.69. The molecule has 1 heterocycles. The first-order valence-corrected chi connectivity index (χ1v) is 5.32. The van der Waals surface area contributed by atoms with Crippen LogP contribution in [0.15, 0.2) is 4.99 Å². The van der Waals surface area contributed by atoms with Crippen LogP contribution in [0.25, 0.3) is 0 Å². The Morgan fingerprint density at radius 3 is 2.67 bits per heavy atom. The molecule has 0 amide bonds. The van der Waals surface area contributed by atoms with E-state index in [2.05, 4.69) is 29.7 Å². The lowest BCUT2D eigenvalue weighted by atomic mass is 10.2. The van der Waals surface area contributed by atoms with Crippen molar-refractivity contribution in [1.29, 1.82) is 0 Å². The molecule has 1 aliphatic heterocycles. The van der Waals surface area contributed by atoms with Gasteiger partial charge in [0.15, 0.2) is 0 Å². The molecule has 0 aliphatic carbocycles. The lowest BCUT2D eigenvalue weighted by Gasteiger charge is -2.28. The zero-order valence-corrected chi connectivity index (χ0v) is 9.49. The van der Waals surface area contributed by atoms with Crippen LogP contribution in [0.4, 0.5) is 0 Å². The highest BCUT2D eigenvalue weighted by atomic mass is 16.5. The first-order valence-electron chi connectivity index (χ1n) is 5.32.